The highest BCUT2D eigenvalue weighted by Gasteiger charge is 2.60. The maximum absolute atomic E-state index is 13.5. The number of aromatic nitrogens is 2. The summed E-state index contributed by atoms with van der Waals surface area (Å²) in [5, 5.41) is 10.2. The summed E-state index contributed by atoms with van der Waals surface area (Å²) < 4.78 is 41.8. The van der Waals surface area contributed by atoms with Crippen LogP contribution in [0.4, 0.5) is 4.79 Å². The first-order chi connectivity index (χ1) is 19.2. The van der Waals surface area contributed by atoms with Gasteiger partial charge in [-0.05, 0) is 32.4 Å². The fraction of sp³-hybridized carbons (Fsp3) is 0.407. The molecule has 2 aromatic heterocycles. The number of nitrogens with zero attached hydrogens (tertiary/aromatic N) is 3. The SMILES string of the molecule is Cc1ccc(OC(=O)OC(C)OC(=O)C2=C(c3cn4cnc(S(C)(=O)=O)c4s3)[C@H](C)[C@@H]3[C@@H]([C@@H](C)O)C(=O)N23)c(C)c1. The van der Waals surface area contributed by atoms with Crippen molar-refractivity contribution in [2.75, 3.05) is 6.26 Å². The molecule has 5 atom stereocenters. The number of carbonyl (C=O) groups excluding carboxylic acids is 3. The summed E-state index contributed by atoms with van der Waals surface area (Å²) in [5.41, 5.74) is 2.11. The summed E-state index contributed by atoms with van der Waals surface area (Å²) in [5.74, 6) is -2.20. The zero-order valence-corrected chi connectivity index (χ0v) is 24.8. The van der Waals surface area contributed by atoms with E-state index in [-0.39, 0.29) is 10.7 Å². The fourth-order valence-corrected chi connectivity index (χ4v) is 7.79. The largest absolute Gasteiger partial charge is 0.516 e. The van der Waals surface area contributed by atoms with Crippen LogP contribution in [0.1, 0.15) is 36.8 Å². The van der Waals surface area contributed by atoms with Crippen molar-refractivity contribution in [3.05, 3.63) is 52.4 Å². The zero-order chi connectivity index (χ0) is 30.0. The fourth-order valence-electron chi connectivity index (χ4n) is 5.43. The molecule has 1 amide bonds. The van der Waals surface area contributed by atoms with Crippen LogP contribution in [0.15, 0.2) is 41.4 Å². The number of benzene rings is 1. The monoisotopic (exact) mass is 603 g/mol. The number of thiazole rings is 1. The Bertz CT molecular complexity index is 1720. The third-order valence-corrected chi connectivity index (χ3v) is 9.49. The van der Waals surface area contributed by atoms with Crippen molar-refractivity contribution < 1.29 is 42.1 Å². The number of ether oxygens (including phenoxy) is 3. The molecule has 41 heavy (non-hydrogen) atoms. The number of β-lactam (4-membered cyclic amide) rings is 1. The topological polar surface area (TPSA) is 154 Å². The van der Waals surface area contributed by atoms with E-state index in [2.05, 4.69) is 4.98 Å². The van der Waals surface area contributed by atoms with Gasteiger partial charge in [0.2, 0.25) is 12.2 Å². The predicted molar refractivity (Wildman–Crippen MR) is 147 cm³/mol. The van der Waals surface area contributed by atoms with Gasteiger partial charge < -0.3 is 24.2 Å². The minimum atomic E-state index is -3.62. The van der Waals surface area contributed by atoms with E-state index in [1.807, 2.05) is 19.9 Å². The van der Waals surface area contributed by atoms with Crippen molar-refractivity contribution in [1.82, 2.24) is 14.3 Å². The minimum Gasteiger partial charge on any atom is -0.421 e. The summed E-state index contributed by atoms with van der Waals surface area (Å²) in [6.07, 6.45) is 0.653. The number of aryl methyl sites for hydroxylation is 2. The van der Waals surface area contributed by atoms with E-state index in [0.29, 0.717) is 21.0 Å². The van der Waals surface area contributed by atoms with E-state index in [9.17, 15) is 27.9 Å². The number of imidazole rings is 1. The molecule has 1 aromatic carbocycles. The van der Waals surface area contributed by atoms with Crippen LogP contribution in [-0.4, -0.2) is 70.5 Å². The molecule has 0 spiro atoms. The number of hydrogen-bond acceptors (Lipinski definition) is 11. The molecular weight excluding hydrogens is 574 g/mol. The third kappa shape index (κ3) is 5.00. The molecule has 2 aliphatic rings. The van der Waals surface area contributed by atoms with E-state index in [1.165, 1.54) is 29.5 Å². The molecule has 0 aliphatic carbocycles. The van der Waals surface area contributed by atoms with Crippen LogP contribution in [0, 0.1) is 25.7 Å². The molecule has 2 aliphatic heterocycles. The number of sulfone groups is 1. The number of esters is 1. The first-order valence-electron chi connectivity index (χ1n) is 12.8. The lowest BCUT2D eigenvalue weighted by Crippen LogP contribution is -2.63. The summed E-state index contributed by atoms with van der Waals surface area (Å²) in [7, 11) is -3.62. The molecule has 218 valence electrons. The Labute approximate surface area is 240 Å². The highest BCUT2D eigenvalue weighted by molar-refractivity contribution is 7.91. The van der Waals surface area contributed by atoms with Gasteiger partial charge in [-0.3, -0.25) is 9.20 Å². The molecule has 1 saturated heterocycles. The smallest absolute Gasteiger partial charge is 0.421 e. The van der Waals surface area contributed by atoms with Gasteiger partial charge >= 0.3 is 12.1 Å². The molecule has 12 nitrogen and oxygen atoms in total. The van der Waals surface area contributed by atoms with Gasteiger partial charge in [0.05, 0.1) is 22.9 Å². The summed E-state index contributed by atoms with van der Waals surface area (Å²) in [6.45, 7) is 8.35. The van der Waals surface area contributed by atoms with Gasteiger partial charge in [0.15, 0.2) is 14.9 Å². The van der Waals surface area contributed by atoms with Crippen molar-refractivity contribution >= 4 is 49.6 Å². The Kier molecular flexibility index (Phi) is 7.20. The second kappa shape index (κ2) is 10.3. The molecular formula is C27H29N3O9S2. The second-order valence-corrected chi connectivity index (χ2v) is 13.3. The van der Waals surface area contributed by atoms with E-state index in [4.69, 9.17) is 14.2 Å². The van der Waals surface area contributed by atoms with Gasteiger partial charge in [-0.15, -0.1) is 11.3 Å². The lowest BCUT2D eigenvalue weighted by molar-refractivity contribution is -0.172. The minimum absolute atomic E-state index is 0.0547. The van der Waals surface area contributed by atoms with Crippen LogP contribution in [0.2, 0.25) is 0 Å². The number of aliphatic hydroxyl groups is 1. The average molecular weight is 604 g/mol. The predicted octanol–water partition coefficient (Wildman–Crippen LogP) is 3.09. The van der Waals surface area contributed by atoms with E-state index in [0.717, 1.165) is 28.7 Å². The van der Waals surface area contributed by atoms with Gasteiger partial charge in [0.1, 0.15) is 22.6 Å². The number of hydrogen-bond donors (Lipinski definition) is 1. The number of carbonyl (C=O) groups is 3. The Morgan fingerprint density at radius 1 is 1.17 bits per heavy atom. The van der Waals surface area contributed by atoms with Crippen molar-refractivity contribution in [2.24, 2.45) is 11.8 Å². The lowest BCUT2D eigenvalue weighted by Gasteiger charge is -2.46. The molecule has 14 heteroatoms. The van der Waals surface area contributed by atoms with Gasteiger partial charge in [-0.2, -0.15) is 0 Å². The molecule has 1 N–H and O–H groups in total. The molecule has 3 aromatic rings. The second-order valence-electron chi connectivity index (χ2n) is 10.4. The Morgan fingerprint density at radius 2 is 1.88 bits per heavy atom. The molecule has 0 saturated carbocycles. The maximum atomic E-state index is 13.5. The Morgan fingerprint density at radius 3 is 2.51 bits per heavy atom. The third-order valence-electron chi connectivity index (χ3n) is 7.22. The number of aliphatic hydroxyl groups excluding tert-OH is 1. The molecule has 4 heterocycles. The number of rotatable bonds is 7. The van der Waals surface area contributed by atoms with Crippen LogP contribution in [0.5, 0.6) is 5.75 Å². The van der Waals surface area contributed by atoms with Crippen LogP contribution in [0.3, 0.4) is 0 Å². The first-order valence-corrected chi connectivity index (χ1v) is 15.5. The maximum Gasteiger partial charge on any atom is 0.516 e. The molecule has 1 unspecified atom stereocenters. The van der Waals surface area contributed by atoms with Gasteiger partial charge in [-0.1, -0.05) is 24.6 Å². The lowest BCUT2D eigenvalue weighted by atomic mass is 9.77. The van der Waals surface area contributed by atoms with Crippen LogP contribution < -0.4 is 4.74 Å². The number of fused-ring (bicyclic) bond motifs is 2. The van der Waals surface area contributed by atoms with Crippen LogP contribution >= 0.6 is 11.3 Å². The quantitative estimate of drug-likeness (QED) is 0.184. The van der Waals surface area contributed by atoms with Crippen molar-refractivity contribution in [1.29, 1.82) is 0 Å². The van der Waals surface area contributed by atoms with Crippen LogP contribution in [-0.2, 0) is 28.9 Å². The zero-order valence-electron chi connectivity index (χ0n) is 23.1. The van der Waals surface area contributed by atoms with E-state index >= 15 is 0 Å². The van der Waals surface area contributed by atoms with Gasteiger partial charge in [-0.25, -0.2) is 23.0 Å². The Hall–Kier alpha value is -3.75. The highest BCUT2D eigenvalue weighted by Crippen LogP contribution is 2.52. The molecule has 0 bridgehead atoms. The van der Waals surface area contributed by atoms with Gasteiger partial charge in [0, 0.05) is 30.9 Å². The summed E-state index contributed by atoms with van der Waals surface area (Å²) in [6, 6.07) is 4.72. The van der Waals surface area contributed by atoms with Crippen LogP contribution in [0.25, 0.3) is 10.4 Å². The normalized spacial score (nSPS) is 21.9. The number of amides is 1. The molecule has 5 rings (SSSR count). The summed E-state index contributed by atoms with van der Waals surface area (Å²) in [4.78, 5) is 45.2. The van der Waals surface area contributed by atoms with Gasteiger partial charge in [0.25, 0.3) is 0 Å². The van der Waals surface area contributed by atoms with Crippen molar-refractivity contribution in [2.45, 2.75) is 58.1 Å². The average Bonchev–Trinajstić information content (AvgIpc) is 3.49. The summed E-state index contributed by atoms with van der Waals surface area (Å²) >= 11 is 1.11. The molecule has 1 fully saturated rings. The first kappa shape index (κ1) is 28.8. The standard InChI is InChI=1S/C27H29N3O9S2/c1-12-7-8-17(13(2)9-12)39-27(34)38-16(5)37-26(33)22-19(14(3)21-20(15(4)31)24(32)30(21)22)18-10-29-11-28-23(25(29)40-18)41(6,35)36/h7-11,14-16,20-21,31H,1-6H3/t14-,15+,16?,20+,21+/m0/s1. The van der Waals surface area contributed by atoms with E-state index < -0.39 is 58.1 Å². The van der Waals surface area contributed by atoms with Crippen molar-refractivity contribution in [3.8, 4) is 5.75 Å². The van der Waals surface area contributed by atoms with E-state index in [1.54, 1.807) is 25.3 Å². The Balaban J connectivity index is 1.44. The highest BCUT2D eigenvalue weighted by atomic mass is 32.2. The van der Waals surface area contributed by atoms with Crippen molar-refractivity contribution in [3.63, 3.8) is 0 Å². The molecule has 0 radical (unpaired) electrons.